The Balaban J connectivity index is 1.76. The van der Waals surface area contributed by atoms with Crippen LogP contribution in [0.3, 0.4) is 0 Å². The molecule has 2 N–H and O–H groups in total. The molecule has 3 nitrogen and oxygen atoms in total. The van der Waals surface area contributed by atoms with E-state index in [4.69, 9.17) is 5.73 Å². The summed E-state index contributed by atoms with van der Waals surface area (Å²) >= 11 is 0. The fourth-order valence-corrected chi connectivity index (χ4v) is 3.75. The van der Waals surface area contributed by atoms with Crippen LogP contribution in [-0.4, -0.2) is 17.6 Å². The molecule has 0 amide bonds. The molecule has 2 atom stereocenters. The average molecular weight is 259 g/mol. The molecule has 1 aliphatic heterocycles. The maximum atomic E-state index is 5.89. The number of nitrogens with two attached hydrogens (primary N) is 1. The zero-order valence-electron chi connectivity index (χ0n) is 11.9. The van der Waals surface area contributed by atoms with Crippen LogP contribution in [0.2, 0.25) is 0 Å². The molecule has 1 aromatic rings. The number of hydrogen-bond donors (Lipinski definition) is 1. The van der Waals surface area contributed by atoms with E-state index < -0.39 is 0 Å². The minimum Gasteiger partial charge on any atom is -0.353 e. The summed E-state index contributed by atoms with van der Waals surface area (Å²) in [5.41, 5.74) is 7.02. The molecule has 2 heterocycles. The molecule has 0 bridgehead atoms. The number of rotatable bonds is 3. The lowest BCUT2D eigenvalue weighted by atomic mass is 9.96. The van der Waals surface area contributed by atoms with E-state index in [1.54, 1.807) is 0 Å². The Morgan fingerprint density at radius 1 is 1.21 bits per heavy atom. The van der Waals surface area contributed by atoms with E-state index in [9.17, 15) is 0 Å². The Labute approximate surface area is 116 Å². The van der Waals surface area contributed by atoms with Gasteiger partial charge in [-0.05, 0) is 50.2 Å². The van der Waals surface area contributed by atoms with Gasteiger partial charge in [0.15, 0.2) is 0 Å². The molecule has 2 fully saturated rings. The molecule has 3 rings (SSSR count). The van der Waals surface area contributed by atoms with Gasteiger partial charge in [-0.15, -0.1) is 0 Å². The Bertz CT molecular complexity index is 407. The zero-order valence-corrected chi connectivity index (χ0v) is 11.9. The van der Waals surface area contributed by atoms with Gasteiger partial charge in [-0.3, -0.25) is 0 Å². The van der Waals surface area contributed by atoms with Gasteiger partial charge in [0, 0.05) is 24.8 Å². The van der Waals surface area contributed by atoms with Crippen LogP contribution in [0.1, 0.15) is 57.1 Å². The number of hydrogen-bond acceptors (Lipinski definition) is 3. The summed E-state index contributed by atoms with van der Waals surface area (Å²) in [6.45, 7) is 3.18. The molecule has 19 heavy (non-hydrogen) atoms. The first kappa shape index (κ1) is 12.9. The Morgan fingerprint density at radius 3 is 2.63 bits per heavy atom. The second kappa shape index (κ2) is 5.49. The van der Waals surface area contributed by atoms with Crippen molar-refractivity contribution in [1.82, 2.24) is 4.98 Å². The summed E-state index contributed by atoms with van der Waals surface area (Å²) in [6.07, 6.45) is 10.3. The second-order valence-electron chi connectivity index (χ2n) is 6.19. The molecule has 1 aromatic heterocycles. The third kappa shape index (κ3) is 2.62. The summed E-state index contributed by atoms with van der Waals surface area (Å²) in [6, 6.07) is 5.10. The van der Waals surface area contributed by atoms with Crippen molar-refractivity contribution in [2.24, 2.45) is 11.7 Å². The maximum absolute atomic E-state index is 5.89. The highest BCUT2D eigenvalue weighted by Gasteiger charge is 2.33. The van der Waals surface area contributed by atoms with Crippen molar-refractivity contribution < 1.29 is 0 Å². The molecule has 1 saturated carbocycles. The smallest absolute Gasteiger partial charge is 0.128 e. The van der Waals surface area contributed by atoms with Gasteiger partial charge in [0.1, 0.15) is 5.82 Å². The van der Waals surface area contributed by atoms with Gasteiger partial charge in [-0.1, -0.05) is 18.9 Å². The Kier molecular flexibility index (Phi) is 3.74. The van der Waals surface area contributed by atoms with Crippen molar-refractivity contribution in [3.05, 3.63) is 23.9 Å². The summed E-state index contributed by atoms with van der Waals surface area (Å²) in [5.74, 6) is 2.05. The van der Waals surface area contributed by atoms with Gasteiger partial charge in [0.05, 0.1) is 0 Å². The van der Waals surface area contributed by atoms with Crippen molar-refractivity contribution >= 4 is 5.82 Å². The van der Waals surface area contributed by atoms with Crippen LogP contribution in [0.15, 0.2) is 18.3 Å². The molecule has 1 aliphatic carbocycles. The normalized spacial score (nSPS) is 26.0. The van der Waals surface area contributed by atoms with Crippen molar-refractivity contribution in [2.75, 3.05) is 11.4 Å². The predicted molar refractivity (Wildman–Crippen MR) is 79.2 cm³/mol. The molecule has 104 valence electrons. The fraction of sp³-hybridized carbons (Fsp3) is 0.688. The Morgan fingerprint density at radius 2 is 2.00 bits per heavy atom. The highest BCUT2D eigenvalue weighted by atomic mass is 15.2. The SMILES string of the molecule is C[C@H](N)c1ccc(N2CCCC2C2CCCC2)nc1. The standard InChI is InChI=1S/C16H25N3/c1-12(17)14-8-9-16(18-11-14)19-10-4-7-15(19)13-5-2-3-6-13/h8-9,11-13,15H,2-7,10,17H2,1H3/t12-,15?/m0/s1. The summed E-state index contributed by atoms with van der Waals surface area (Å²) in [7, 11) is 0. The monoisotopic (exact) mass is 259 g/mol. The molecule has 2 aliphatic rings. The van der Waals surface area contributed by atoms with E-state index in [1.807, 2.05) is 13.1 Å². The van der Waals surface area contributed by atoms with E-state index >= 15 is 0 Å². The van der Waals surface area contributed by atoms with Crippen molar-refractivity contribution in [2.45, 2.75) is 57.5 Å². The van der Waals surface area contributed by atoms with Gasteiger partial charge >= 0.3 is 0 Å². The van der Waals surface area contributed by atoms with Crippen LogP contribution < -0.4 is 10.6 Å². The van der Waals surface area contributed by atoms with Crippen LogP contribution in [0.25, 0.3) is 0 Å². The van der Waals surface area contributed by atoms with Crippen LogP contribution in [0, 0.1) is 5.92 Å². The number of anilines is 1. The van der Waals surface area contributed by atoms with Crippen LogP contribution in [0.5, 0.6) is 0 Å². The molecule has 0 spiro atoms. The molecular weight excluding hydrogens is 234 g/mol. The van der Waals surface area contributed by atoms with Crippen molar-refractivity contribution in [3.63, 3.8) is 0 Å². The zero-order chi connectivity index (χ0) is 13.2. The average Bonchev–Trinajstić information content (AvgIpc) is 3.09. The van der Waals surface area contributed by atoms with E-state index in [0.29, 0.717) is 0 Å². The van der Waals surface area contributed by atoms with Gasteiger partial charge in [0.25, 0.3) is 0 Å². The summed E-state index contributed by atoms with van der Waals surface area (Å²) in [5, 5.41) is 0. The van der Waals surface area contributed by atoms with Crippen LogP contribution >= 0.6 is 0 Å². The van der Waals surface area contributed by atoms with E-state index in [0.717, 1.165) is 23.3 Å². The lowest BCUT2D eigenvalue weighted by molar-refractivity contribution is 0.429. The molecule has 3 heteroatoms. The number of pyridine rings is 1. The molecule has 1 unspecified atom stereocenters. The maximum Gasteiger partial charge on any atom is 0.128 e. The van der Waals surface area contributed by atoms with Gasteiger partial charge < -0.3 is 10.6 Å². The van der Waals surface area contributed by atoms with Gasteiger partial charge in [0.2, 0.25) is 0 Å². The summed E-state index contributed by atoms with van der Waals surface area (Å²) < 4.78 is 0. The Hall–Kier alpha value is -1.09. The molecule has 1 saturated heterocycles. The van der Waals surface area contributed by atoms with E-state index in [1.165, 1.54) is 45.1 Å². The number of aromatic nitrogens is 1. The first-order valence-electron chi connectivity index (χ1n) is 7.74. The molecule has 0 radical (unpaired) electrons. The predicted octanol–water partition coefficient (Wildman–Crippen LogP) is 3.26. The van der Waals surface area contributed by atoms with Crippen LogP contribution in [0.4, 0.5) is 5.82 Å². The minimum absolute atomic E-state index is 0.0748. The first-order valence-corrected chi connectivity index (χ1v) is 7.74. The largest absolute Gasteiger partial charge is 0.353 e. The molecular formula is C16H25N3. The lowest BCUT2D eigenvalue weighted by Crippen LogP contribution is -2.35. The third-order valence-electron chi connectivity index (χ3n) is 4.83. The van der Waals surface area contributed by atoms with E-state index in [2.05, 4.69) is 22.0 Å². The van der Waals surface area contributed by atoms with Gasteiger partial charge in [-0.2, -0.15) is 0 Å². The number of nitrogens with zero attached hydrogens (tertiary/aromatic N) is 2. The van der Waals surface area contributed by atoms with Crippen molar-refractivity contribution in [1.29, 1.82) is 0 Å². The second-order valence-corrected chi connectivity index (χ2v) is 6.19. The van der Waals surface area contributed by atoms with Crippen LogP contribution in [-0.2, 0) is 0 Å². The summed E-state index contributed by atoms with van der Waals surface area (Å²) in [4.78, 5) is 7.19. The third-order valence-corrected chi connectivity index (χ3v) is 4.83. The van der Waals surface area contributed by atoms with Crippen molar-refractivity contribution in [3.8, 4) is 0 Å². The molecule has 0 aromatic carbocycles. The lowest BCUT2D eigenvalue weighted by Gasteiger charge is -2.30. The topological polar surface area (TPSA) is 42.1 Å². The fourth-order valence-electron chi connectivity index (χ4n) is 3.75. The highest BCUT2D eigenvalue weighted by molar-refractivity contribution is 5.42. The highest BCUT2D eigenvalue weighted by Crippen LogP contribution is 2.37. The quantitative estimate of drug-likeness (QED) is 0.906. The van der Waals surface area contributed by atoms with E-state index in [-0.39, 0.29) is 6.04 Å². The minimum atomic E-state index is 0.0748. The first-order chi connectivity index (χ1) is 9.25. The van der Waals surface area contributed by atoms with Gasteiger partial charge in [-0.25, -0.2) is 4.98 Å².